The number of nitroso groups, excluding NO2 is 1. The Morgan fingerprint density at radius 3 is 2.42 bits per heavy atom. The van der Waals surface area contributed by atoms with Gasteiger partial charge in [0.25, 0.3) is 0 Å². The van der Waals surface area contributed by atoms with Crippen molar-refractivity contribution < 1.29 is 0 Å². The first-order chi connectivity index (χ1) is 5.77. The molecule has 0 atom stereocenters. The van der Waals surface area contributed by atoms with Crippen molar-refractivity contribution in [2.45, 2.75) is 6.92 Å². The van der Waals surface area contributed by atoms with E-state index in [1.807, 2.05) is 19.1 Å². The molecule has 12 heavy (non-hydrogen) atoms. The van der Waals surface area contributed by atoms with Gasteiger partial charge in [-0.2, -0.15) is 5.26 Å². The van der Waals surface area contributed by atoms with E-state index in [1.54, 1.807) is 18.3 Å². The Kier molecular flexibility index (Phi) is 2.38. The normalized spacial score (nSPS) is 8.67. The zero-order valence-electron chi connectivity index (χ0n) is 6.56. The van der Waals surface area contributed by atoms with Crippen LogP contribution in [-0.4, -0.2) is 0 Å². The van der Waals surface area contributed by atoms with Gasteiger partial charge in [-0.1, -0.05) is 17.7 Å². The topological polar surface area (TPSA) is 56.5 Å². The predicted molar refractivity (Wildman–Crippen MR) is 45.1 cm³/mol. The van der Waals surface area contributed by atoms with Gasteiger partial charge >= 0.3 is 0 Å². The first-order valence-corrected chi connectivity index (χ1v) is 3.37. The lowest BCUT2D eigenvalue weighted by Crippen LogP contribution is -2.05. The van der Waals surface area contributed by atoms with Crippen LogP contribution in [0.2, 0.25) is 0 Å². The summed E-state index contributed by atoms with van der Waals surface area (Å²) in [6, 6.07) is 6.95. The number of hydrogen-bond donors (Lipinski definition) is 0. The number of benzene rings is 1. The van der Waals surface area contributed by atoms with E-state index in [-0.39, 0.29) is 0 Å². The lowest BCUT2D eigenvalue weighted by atomic mass is 10.2. The van der Waals surface area contributed by atoms with Crippen molar-refractivity contribution in [3.05, 3.63) is 34.7 Å². The Morgan fingerprint density at radius 1 is 1.42 bits per heavy atom. The molecule has 1 aromatic carbocycles. The molecular formula is C8H7N3O. The molecule has 0 aliphatic heterocycles. The summed E-state index contributed by atoms with van der Waals surface area (Å²) in [6.07, 6.45) is 1.64. The lowest BCUT2D eigenvalue weighted by Gasteiger charge is -2.03. The van der Waals surface area contributed by atoms with Crippen molar-refractivity contribution in [2.75, 3.05) is 5.01 Å². The Balaban J connectivity index is 2.97. The van der Waals surface area contributed by atoms with Crippen molar-refractivity contribution in [3.63, 3.8) is 0 Å². The van der Waals surface area contributed by atoms with Gasteiger partial charge in [-0.25, -0.2) is 0 Å². The molecule has 4 nitrogen and oxygen atoms in total. The van der Waals surface area contributed by atoms with Crippen molar-refractivity contribution in [3.8, 4) is 6.19 Å². The number of hydrogen-bond acceptors (Lipinski definition) is 3. The van der Waals surface area contributed by atoms with E-state index in [1.165, 1.54) is 0 Å². The van der Waals surface area contributed by atoms with Gasteiger partial charge in [0.05, 0.1) is 11.0 Å². The van der Waals surface area contributed by atoms with Crippen LogP contribution in [0.1, 0.15) is 5.56 Å². The van der Waals surface area contributed by atoms with Crippen LogP contribution in [0.3, 0.4) is 0 Å². The third-order valence-corrected chi connectivity index (χ3v) is 1.45. The second-order valence-electron chi connectivity index (χ2n) is 2.33. The molecule has 0 fully saturated rings. The third-order valence-electron chi connectivity index (χ3n) is 1.45. The molecule has 0 aliphatic carbocycles. The summed E-state index contributed by atoms with van der Waals surface area (Å²) in [6.45, 7) is 1.93. The maximum absolute atomic E-state index is 10.1. The summed E-state index contributed by atoms with van der Waals surface area (Å²) in [5.74, 6) is 0. The third kappa shape index (κ3) is 1.58. The van der Waals surface area contributed by atoms with Gasteiger partial charge < -0.3 is 0 Å². The van der Waals surface area contributed by atoms with Crippen LogP contribution < -0.4 is 5.01 Å². The number of nitrogens with zero attached hydrogens (tertiary/aromatic N) is 3. The van der Waals surface area contributed by atoms with Crippen molar-refractivity contribution in [1.29, 1.82) is 5.26 Å². The largest absolute Gasteiger partial charge is 0.209 e. The van der Waals surface area contributed by atoms with Crippen molar-refractivity contribution in [2.24, 2.45) is 5.29 Å². The molecule has 1 aromatic rings. The van der Waals surface area contributed by atoms with Gasteiger partial charge in [0, 0.05) is 0 Å². The van der Waals surface area contributed by atoms with Crippen molar-refractivity contribution >= 4 is 5.69 Å². The standard InChI is InChI=1S/C8H7N3O/c1-7-2-4-8(5-3-7)11(6-9)10-12/h2-5H,1H3. The molecule has 1 rings (SSSR count). The molecule has 0 unspecified atom stereocenters. The van der Waals surface area contributed by atoms with Crippen LogP contribution in [0.4, 0.5) is 5.69 Å². The number of rotatable bonds is 2. The summed E-state index contributed by atoms with van der Waals surface area (Å²) >= 11 is 0. The van der Waals surface area contributed by atoms with Gasteiger partial charge in [0.1, 0.15) is 0 Å². The van der Waals surface area contributed by atoms with E-state index < -0.39 is 0 Å². The highest BCUT2D eigenvalue weighted by molar-refractivity contribution is 5.49. The van der Waals surface area contributed by atoms with E-state index in [0.29, 0.717) is 5.69 Å². The molecule has 0 amide bonds. The Morgan fingerprint density at radius 2 is 2.00 bits per heavy atom. The fourth-order valence-electron chi connectivity index (χ4n) is 0.809. The van der Waals surface area contributed by atoms with Gasteiger partial charge in [-0.15, -0.1) is 9.92 Å². The first kappa shape index (κ1) is 8.21. The van der Waals surface area contributed by atoms with E-state index >= 15 is 0 Å². The zero-order valence-corrected chi connectivity index (χ0v) is 6.56. The van der Waals surface area contributed by atoms with Crippen LogP contribution in [0.15, 0.2) is 29.6 Å². The average molecular weight is 161 g/mol. The van der Waals surface area contributed by atoms with Crippen LogP contribution in [0.25, 0.3) is 0 Å². The fraction of sp³-hybridized carbons (Fsp3) is 0.125. The summed E-state index contributed by atoms with van der Waals surface area (Å²) < 4.78 is 0. The Hall–Kier alpha value is -1.89. The van der Waals surface area contributed by atoms with E-state index in [4.69, 9.17) is 5.26 Å². The highest BCUT2D eigenvalue weighted by Gasteiger charge is 2.02. The molecule has 0 aromatic heterocycles. The molecule has 0 spiro atoms. The lowest BCUT2D eigenvalue weighted by molar-refractivity contribution is 1.07. The molecule has 60 valence electrons. The van der Waals surface area contributed by atoms with Crippen LogP contribution >= 0.6 is 0 Å². The zero-order chi connectivity index (χ0) is 8.97. The molecule has 0 radical (unpaired) electrons. The summed E-state index contributed by atoms with van der Waals surface area (Å²) in [5.41, 5.74) is 1.56. The molecule has 0 aliphatic rings. The molecule has 0 saturated heterocycles. The predicted octanol–water partition coefficient (Wildman–Crippen LogP) is 1.96. The van der Waals surface area contributed by atoms with Crippen LogP contribution in [0.5, 0.6) is 0 Å². The van der Waals surface area contributed by atoms with E-state index in [9.17, 15) is 4.91 Å². The van der Waals surface area contributed by atoms with E-state index in [2.05, 4.69) is 5.29 Å². The van der Waals surface area contributed by atoms with Crippen LogP contribution in [-0.2, 0) is 0 Å². The molecule has 4 heteroatoms. The number of nitriles is 1. The molecule has 0 heterocycles. The first-order valence-electron chi connectivity index (χ1n) is 3.37. The van der Waals surface area contributed by atoms with E-state index in [0.717, 1.165) is 10.6 Å². The highest BCUT2D eigenvalue weighted by Crippen LogP contribution is 2.13. The van der Waals surface area contributed by atoms with Gasteiger partial charge in [-0.05, 0) is 19.1 Å². The SMILES string of the molecule is Cc1ccc(N(C#N)N=O)cc1. The number of anilines is 1. The van der Waals surface area contributed by atoms with Gasteiger partial charge in [0.15, 0.2) is 0 Å². The quantitative estimate of drug-likeness (QED) is 0.288. The molecule has 0 saturated carbocycles. The molecular weight excluding hydrogens is 154 g/mol. The minimum atomic E-state index is 0.484. The second-order valence-corrected chi connectivity index (χ2v) is 2.33. The minimum absolute atomic E-state index is 0.484. The average Bonchev–Trinajstić information content (AvgIpc) is 2.10. The maximum atomic E-state index is 10.1. The van der Waals surface area contributed by atoms with Gasteiger partial charge in [-0.3, -0.25) is 0 Å². The smallest absolute Gasteiger partial charge is 0.170 e. The number of aryl methyl sites for hydroxylation is 1. The fourth-order valence-corrected chi connectivity index (χ4v) is 0.809. The highest BCUT2D eigenvalue weighted by atomic mass is 16.3. The Labute approximate surface area is 70.0 Å². The van der Waals surface area contributed by atoms with Gasteiger partial charge in [0.2, 0.25) is 6.19 Å². The van der Waals surface area contributed by atoms with Crippen LogP contribution in [0, 0.1) is 23.3 Å². The molecule has 0 N–H and O–H groups in total. The minimum Gasteiger partial charge on any atom is -0.170 e. The Bertz CT molecular complexity index is 312. The second kappa shape index (κ2) is 3.49. The summed E-state index contributed by atoms with van der Waals surface area (Å²) in [7, 11) is 0. The molecule has 0 bridgehead atoms. The summed E-state index contributed by atoms with van der Waals surface area (Å²) in [5, 5.41) is 11.7. The summed E-state index contributed by atoms with van der Waals surface area (Å²) in [4.78, 5) is 10.1. The maximum Gasteiger partial charge on any atom is 0.209 e. The monoisotopic (exact) mass is 161 g/mol. The van der Waals surface area contributed by atoms with Crippen molar-refractivity contribution in [1.82, 2.24) is 0 Å².